The molecule has 0 spiro atoms. The summed E-state index contributed by atoms with van der Waals surface area (Å²) < 4.78 is 71.1. The molecular formula is C35H34BrClF3N3O4S. The summed E-state index contributed by atoms with van der Waals surface area (Å²) in [6.45, 7) is 2.65. The molecule has 4 rings (SSSR count). The van der Waals surface area contributed by atoms with Crippen molar-refractivity contribution in [1.29, 1.82) is 0 Å². The summed E-state index contributed by atoms with van der Waals surface area (Å²) in [6, 6.07) is 24.0. The van der Waals surface area contributed by atoms with Crippen molar-refractivity contribution in [2.24, 2.45) is 0 Å². The van der Waals surface area contributed by atoms with Crippen LogP contribution >= 0.6 is 27.5 Å². The third kappa shape index (κ3) is 9.39. The predicted octanol–water partition coefficient (Wildman–Crippen LogP) is 7.87. The Balaban J connectivity index is 1.87. The summed E-state index contributed by atoms with van der Waals surface area (Å²) in [5.41, 5.74) is -0.316. The van der Waals surface area contributed by atoms with Gasteiger partial charge in [0.25, 0.3) is 10.0 Å². The van der Waals surface area contributed by atoms with E-state index < -0.39 is 51.9 Å². The van der Waals surface area contributed by atoms with Crippen molar-refractivity contribution < 1.29 is 31.2 Å². The minimum Gasteiger partial charge on any atom is -0.352 e. The number of anilines is 1. The minimum atomic E-state index is -4.83. The maximum absolute atomic E-state index is 14.5. The zero-order valence-corrected chi connectivity index (χ0v) is 29.3. The van der Waals surface area contributed by atoms with Crippen molar-refractivity contribution >= 4 is 55.1 Å². The zero-order valence-electron chi connectivity index (χ0n) is 26.1. The Labute approximate surface area is 291 Å². The highest BCUT2D eigenvalue weighted by Gasteiger charge is 2.37. The number of carbonyl (C=O) groups excluding carboxylic acids is 2. The van der Waals surface area contributed by atoms with Crippen LogP contribution in [-0.4, -0.2) is 43.8 Å². The second kappa shape index (κ2) is 16.0. The highest BCUT2D eigenvalue weighted by atomic mass is 79.9. The van der Waals surface area contributed by atoms with Crippen molar-refractivity contribution in [2.75, 3.05) is 10.8 Å². The van der Waals surface area contributed by atoms with Crippen LogP contribution in [-0.2, 0) is 38.8 Å². The van der Waals surface area contributed by atoms with Gasteiger partial charge in [0.2, 0.25) is 11.8 Å². The Morgan fingerprint density at radius 1 is 0.896 bits per heavy atom. The Morgan fingerprint density at radius 2 is 1.52 bits per heavy atom. The van der Waals surface area contributed by atoms with E-state index in [0.717, 1.165) is 17.7 Å². The monoisotopic (exact) mass is 763 g/mol. The molecule has 0 aliphatic rings. The first-order chi connectivity index (χ1) is 22.7. The van der Waals surface area contributed by atoms with Gasteiger partial charge in [0.05, 0.1) is 21.2 Å². The van der Waals surface area contributed by atoms with Gasteiger partial charge in [0, 0.05) is 23.5 Å². The molecule has 0 fully saturated rings. The van der Waals surface area contributed by atoms with Crippen LogP contribution in [0.1, 0.15) is 37.0 Å². The lowest BCUT2D eigenvalue weighted by Gasteiger charge is -2.34. The van der Waals surface area contributed by atoms with Crippen molar-refractivity contribution in [2.45, 2.75) is 56.4 Å². The third-order valence-electron chi connectivity index (χ3n) is 7.67. The van der Waals surface area contributed by atoms with Crippen molar-refractivity contribution in [1.82, 2.24) is 10.2 Å². The predicted molar refractivity (Wildman–Crippen MR) is 184 cm³/mol. The van der Waals surface area contributed by atoms with Gasteiger partial charge in [-0.2, -0.15) is 13.2 Å². The zero-order chi connectivity index (χ0) is 35.1. The van der Waals surface area contributed by atoms with Crippen LogP contribution in [0.2, 0.25) is 5.02 Å². The SMILES string of the molecule is CC[C@@H](C)NC(=O)[C@@H](Cc1ccccc1)N(Cc1cccc(Br)c1)C(=O)CN(c1cc(C(F)(F)F)ccc1Cl)S(=O)(=O)c1ccccc1. The molecule has 0 aromatic heterocycles. The highest BCUT2D eigenvalue weighted by molar-refractivity contribution is 9.10. The Kier molecular flexibility index (Phi) is 12.3. The molecule has 0 saturated carbocycles. The number of hydrogen-bond acceptors (Lipinski definition) is 4. The summed E-state index contributed by atoms with van der Waals surface area (Å²) in [4.78, 5) is 29.5. The van der Waals surface area contributed by atoms with Crippen LogP contribution in [0.5, 0.6) is 0 Å². The second-order valence-electron chi connectivity index (χ2n) is 11.2. The van der Waals surface area contributed by atoms with Gasteiger partial charge >= 0.3 is 6.18 Å². The van der Waals surface area contributed by atoms with Crippen molar-refractivity contribution in [3.8, 4) is 0 Å². The molecule has 4 aromatic carbocycles. The average Bonchev–Trinajstić information content (AvgIpc) is 3.05. The number of sulfonamides is 1. The van der Waals surface area contributed by atoms with Crippen LogP contribution in [0.15, 0.2) is 112 Å². The van der Waals surface area contributed by atoms with Crippen molar-refractivity contribution in [3.05, 3.63) is 129 Å². The fourth-order valence-corrected chi connectivity index (χ4v) is 7.10. The number of carbonyl (C=O) groups is 2. The number of halogens is 5. The third-order valence-corrected chi connectivity index (χ3v) is 10.3. The first kappa shape index (κ1) is 37.0. The number of benzene rings is 4. The maximum atomic E-state index is 14.5. The smallest absolute Gasteiger partial charge is 0.352 e. The molecule has 0 radical (unpaired) electrons. The molecule has 4 aromatic rings. The number of hydrogen-bond donors (Lipinski definition) is 1. The fraction of sp³-hybridized carbons (Fsp3) is 0.257. The van der Waals surface area contributed by atoms with Gasteiger partial charge in [0.1, 0.15) is 12.6 Å². The number of nitrogens with one attached hydrogen (secondary N) is 1. The van der Waals surface area contributed by atoms with E-state index in [-0.39, 0.29) is 28.9 Å². The lowest BCUT2D eigenvalue weighted by molar-refractivity contribution is -0.140. The summed E-state index contributed by atoms with van der Waals surface area (Å²) in [6.07, 6.45) is -4.13. The van der Waals surface area contributed by atoms with E-state index in [2.05, 4.69) is 21.2 Å². The van der Waals surface area contributed by atoms with E-state index in [0.29, 0.717) is 26.8 Å². The first-order valence-electron chi connectivity index (χ1n) is 15.0. The topological polar surface area (TPSA) is 86.8 Å². The molecule has 0 saturated heterocycles. The van der Waals surface area contributed by atoms with Crippen LogP contribution in [0.4, 0.5) is 18.9 Å². The lowest BCUT2D eigenvalue weighted by Crippen LogP contribution is -2.54. The Morgan fingerprint density at radius 3 is 2.12 bits per heavy atom. The summed E-state index contributed by atoms with van der Waals surface area (Å²) in [7, 11) is -4.65. The van der Waals surface area contributed by atoms with Crippen LogP contribution in [0.3, 0.4) is 0 Å². The number of amides is 2. The van der Waals surface area contributed by atoms with E-state index in [1.54, 1.807) is 54.6 Å². The van der Waals surface area contributed by atoms with Crippen LogP contribution in [0.25, 0.3) is 0 Å². The van der Waals surface area contributed by atoms with Crippen LogP contribution in [0, 0.1) is 0 Å². The van der Waals surface area contributed by atoms with E-state index in [1.165, 1.54) is 29.2 Å². The molecule has 2 amide bonds. The Bertz CT molecular complexity index is 1830. The molecule has 1 N–H and O–H groups in total. The Hall–Kier alpha value is -3.87. The van der Waals surface area contributed by atoms with Gasteiger partial charge in [-0.1, -0.05) is 95.1 Å². The molecule has 0 unspecified atom stereocenters. The minimum absolute atomic E-state index is 0.0819. The molecular weight excluding hydrogens is 731 g/mol. The van der Waals surface area contributed by atoms with Crippen molar-refractivity contribution in [3.63, 3.8) is 0 Å². The average molecular weight is 765 g/mol. The fourth-order valence-electron chi connectivity index (χ4n) is 4.94. The van der Waals surface area contributed by atoms with Gasteiger partial charge in [-0.15, -0.1) is 0 Å². The lowest BCUT2D eigenvalue weighted by atomic mass is 10.0. The maximum Gasteiger partial charge on any atom is 0.416 e. The highest BCUT2D eigenvalue weighted by Crippen LogP contribution is 2.37. The molecule has 48 heavy (non-hydrogen) atoms. The standard InChI is InChI=1S/C35H34BrClF3N3O4S/c1-3-24(2)41-34(45)32(20-25-11-6-4-7-12-25)42(22-26-13-10-14-28(36)19-26)33(44)23-43(48(46,47)29-15-8-5-9-16-29)31-21-27(35(38,39)40)17-18-30(31)37/h4-19,21,24,32H,3,20,22-23H2,1-2H3,(H,41,45)/t24-,32-/m1/s1. The van der Waals surface area contributed by atoms with Gasteiger partial charge in [-0.25, -0.2) is 8.42 Å². The molecule has 7 nitrogen and oxygen atoms in total. The quantitative estimate of drug-likeness (QED) is 0.150. The van der Waals surface area contributed by atoms with E-state index in [1.807, 2.05) is 19.9 Å². The molecule has 2 atom stereocenters. The van der Waals surface area contributed by atoms with E-state index >= 15 is 0 Å². The van der Waals surface area contributed by atoms with E-state index in [4.69, 9.17) is 11.6 Å². The molecule has 0 aliphatic heterocycles. The molecule has 13 heteroatoms. The molecule has 0 aliphatic carbocycles. The van der Waals surface area contributed by atoms with E-state index in [9.17, 15) is 31.2 Å². The van der Waals surface area contributed by atoms with Crippen LogP contribution < -0.4 is 9.62 Å². The normalized spacial score (nSPS) is 13.0. The summed E-state index contributed by atoms with van der Waals surface area (Å²) >= 11 is 9.80. The number of alkyl halides is 3. The first-order valence-corrected chi connectivity index (χ1v) is 17.6. The van der Waals surface area contributed by atoms with Gasteiger partial charge in [0.15, 0.2) is 0 Å². The van der Waals surface area contributed by atoms with Gasteiger partial charge < -0.3 is 10.2 Å². The number of nitrogens with zero attached hydrogens (tertiary/aromatic N) is 2. The molecule has 0 heterocycles. The largest absolute Gasteiger partial charge is 0.416 e. The summed E-state index contributed by atoms with van der Waals surface area (Å²) in [5.74, 6) is -1.30. The summed E-state index contributed by atoms with van der Waals surface area (Å²) in [5, 5.41) is 2.62. The second-order valence-corrected chi connectivity index (χ2v) is 14.3. The number of rotatable bonds is 13. The van der Waals surface area contributed by atoms with Gasteiger partial charge in [-0.3, -0.25) is 13.9 Å². The van der Waals surface area contributed by atoms with Gasteiger partial charge in [-0.05, 0) is 66.9 Å². The molecule has 0 bridgehead atoms. The molecule has 254 valence electrons.